The lowest BCUT2D eigenvalue weighted by Gasteiger charge is -2.13. The highest BCUT2D eigenvalue weighted by Crippen LogP contribution is 2.21. The summed E-state index contributed by atoms with van der Waals surface area (Å²) < 4.78 is 62.0. The Morgan fingerprint density at radius 1 is 1.24 bits per heavy atom. The van der Waals surface area contributed by atoms with Gasteiger partial charge in [-0.1, -0.05) is 0 Å². The molecule has 0 spiro atoms. The van der Waals surface area contributed by atoms with E-state index >= 15 is 0 Å². The van der Waals surface area contributed by atoms with Crippen LogP contribution in [0.4, 0.5) is 13.2 Å². The Morgan fingerprint density at radius 3 is 2.29 bits per heavy atom. The normalized spacial score (nSPS) is 12.3. The van der Waals surface area contributed by atoms with Crippen molar-refractivity contribution in [1.82, 2.24) is 10.0 Å². The van der Waals surface area contributed by atoms with Gasteiger partial charge in [0.15, 0.2) is 0 Å². The highest BCUT2D eigenvalue weighted by Gasteiger charge is 2.28. The van der Waals surface area contributed by atoms with Crippen LogP contribution in [0.5, 0.6) is 0 Å². The summed E-state index contributed by atoms with van der Waals surface area (Å²) in [5.41, 5.74) is 0.774. The van der Waals surface area contributed by atoms with Gasteiger partial charge in [-0.25, -0.2) is 13.1 Å². The summed E-state index contributed by atoms with van der Waals surface area (Å²) in [4.78, 5) is 11.6. The summed E-state index contributed by atoms with van der Waals surface area (Å²) in [5.74, 6) is -0.983. The van der Waals surface area contributed by atoms with Crippen LogP contribution in [0.2, 0.25) is 0 Å². The van der Waals surface area contributed by atoms with Crippen LogP contribution in [0.25, 0.3) is 0 Å². The van der Waals surface area contributed by atoms with Crippen LogP contribution in [0.15, 0.2) is 17.0 Å². The number of alkyl halides is 3. The van der Waals surface area contributed by atoms with Crippen molar-refractivity contribution in [3.63, 3.8) is 0 Å². The zero-order valence-corrected chi connectivity index (χ0v) is 12.4. The molecule has 0 aliphatic heterocycles. The van der Waals surface area contributed by atoms with Crippen molar-refractivity contribution in [2.45, 2.75) is 24.9 Å². The molecule has 1 aromatic carbocycles. The van der Waals surface area contributed by atoms with Crippen molar-refractivity contribution in [3.8, 4) is 0 Å². The zero-order chi connectivity index (χ0) is 16.4. The first kappa shape index (κ1) is 17.4. The average molecular weight is 324 g/mol. The topological polar surface area (TPSA) is 75.3 Å². The van der Waals surface area contributed by atoms with Crippen molar-refractivity contribution in [2.75, 3.05) is 13.6 Å². The molecule has 2 N–H and O–H groups in total. The number of sulfonamides is 1. The van der Waals surface area contributed by atoms with E-state index in [1.807, 2.05) is 0 Å². The Labute approximate surface area is 120 Å². The van der Waals surface area contributed by atoms with E-state index in [0.717, 1.165) is 6.07 Å². The molecule has 0 fully saturated rings. The Hall–Kier alpha value is -1.61. The quantitative estimate of drug-likeness (QED) is 0.881. The van der Waals surface area contributed by atoms with E-state index in [1.165, 1.54) is 13.1 Å². The van der Waals surface area contributed by atoms with E-state index in [-0.39, 0.29) is 10.5 Å². The van der Waals surface area contributed by atoms with E-state index in [4.69, 9.17) is 0 Å². The second kappa shape index (κ2) is 6.02. The lowest BCUT2D eigenvalue weighted by Crippen LogP contribution is -2.34. The van der Waals surface area contributed by atoms with Crippen LogP contribution >= 0.6 is 0 Å². The van der Waals surface area contributed by atoms with Crippen LogP contribution < -0.4 is 10.0 Å². The van der Waals surface area contributed by atoms with E-state index in [9.17, 15) is 26.4 Å². The van der Waals surface area contributed by atoms with Crippen molar-refractivity contribution >= 4 is 15.9 Å². The Kier molecular flexibility index (Phi) is 5.00. The molecule has 1 aromatic rings. The molecule has 0 saturated heterocycles. The summed E-state index contributed by atoms with van der Waals surface area (Å²) in [7, 11) is -2.59. The lowest BCUT2D eigenvalue weighted by molar-refractivity contribution is -0.123. The monoisotopic (exact) mass is 324 g/mol. The maximum atomic E-state index is 12.1. The first-order valence-electron chi connectivity index (χ1n) is 5.87. The number of carbonyl (C=O) groups excluding carboxylic acids is 1. The molecule has 0 heterocycles. The molecule has 0 aromatic heterocycles. The third-order valence-electron chi connectivity index (χ3n) is 2.89. The molecule has 0 bridgehead atoms. The molecule has 1 rings (SSSR count). The van der Waals surface area contributed by atoms with Gasteiger partial charge in [0.25, 0.3) is 5.91 Å². The van der Waals surface area contributed by atoms with Gasteiger partial charge in [0.1, 0.15) is 6.54 Å². The number of hydrogen-bond acceptors (Lipinski definition) is 3. The Morgan fingerprint density at radius 2 is 1.81 bits per heavy atom. The number of carbonyl (C=O) groups is 1. The molecule has 0 aliphatic rings. The van der Waals surface area contributed by atoms with Crippen LogP contribution in [-0.2, 0) is 10.0 Å². The van der Waals surface area contributed by atoms with Gasteiger partial charge >= 0.3 is 6.18 Å². The lowest BCUT2D eigenvalue weighted by atomic mass is 10.1. The van der Waals surface area contributed by atoms with Crippen molar-refractivity contribution < 1.29 is 26.4 Å². The highest BCUT2D eigenvalue weighted by atomic mass is 32.2. The summed E-state index contributed by atoms with van der Waals surface area (Å²) in [6.07, 6.45) is -4.53. The van der Waals surface area contributed by atoms with E-state index in [2.05, 4.69) is 4.72 Å². The predicted octanol–water partition coefficient (Wildman–Crippen LogP) is 1.50. The van der Waals surface area contributed by atoms with Crippen LogP contribution in [0.1, 0.15) is 21.5 Å². The third kappa shape index (κ3) is 4.43. The number of hydrogen-bond donors (Lipinski definition) is 2. The molecule has 0 unspecified atom stereocenters. The van der Waals surface area contributed by atoms with Gasteiger partial charge in [-0.05, 0) is 44.2 Å². The standard InChI is InChI=1S/C12H15F3N2O3S/c1-7-4-9(11(18)17-6-12(13,14)15)5-10(8(7)2)21(19,20)16-3/h4-5,16H,6H2,1-3H3,(H,17,18). The smallest absolute Gasteiger partial charge is 0.343 e. The minimum atomic E-state index is -4.53. The van der Waals surface area contributed by atoms with Gasteiger partial charge in [0.05, 0.1) is 4.90 Å². The molecule has 0 atom stereocenters. The van der Waals surface area contributed by atoms with E-state index < -0.39 is 28.7 Å². The third-order valence-corrected chi connectivity index (χ3v) is 4.43. The molecular weight excluding hydrogens is 309 g/mol. The fourth-order valence-corrected chi connectivity index (χ4v) is 2.70. The molecular formula is C12H15F3N2O3S. The number of aryl methyl sites for hydroxylation is 1. The molecule has 118 valence electrons. The number of rotatable bonds is 4. The Balaban J connectivity index is 3.19. The SMILES string of the molecule is CNS(=O)(=O)c1cc(C(=O)NCC(F)(F)F)cc(C)c1C. The van der Waals surface area contributed by atoms with Crippen LogP contribution in [0, 0.1) is 13.8 Å². The first-order valence-corrected chi connectivity index (χ1v) is 7.36. The second-order valence-corrected chi connectivity index (χ2v) is 6.28. The maximum Gasteiger partial charge on any atom is 0.405 e. The Bertz CT molecular complexity index is 654. The molecule has 0 radical (unpaired) electrons. The summed E-state index contributed by atoms with van der Waals surface area (Å²) in [6.45, 7) is 1.65. The van der Waals surface area contributed by atoms with E-state index in [1.54, 1.807) is 19.2 Å². The van der Waals surface area contributed by atoms with Crippen LogP contribution in [0.3, 0.4) is 0 Å². The number of amides is 1. The van der Waals surface area contributed by atoms with Gasteiger partial charge in [-0.15, -0.1) is 0 Å². The molecule has 5 nitrogen and oxygen atoms in total. The molecule has 9 heteroatoms. The average Bonchev–Trinajstić information content (AvgIpc) is 2.37. The highest BCUT2D eigenvalue weighted by molar-refractivity contribution is 7.89. The second-order valence-electron chi connectivity index (χ2n) is 4.42. The number of nitrogens with one attached hydrogen (secondary N) is 2. The first-order chi connectivity index (χ1) is 9.48. The summed E-state index contributed by atoms with van der Waals surface area (Å²) >= 11 is 0. The van der Waals surface area contributed by atoms with Gasteiger partial charge < -0.3 is 5.32 Å². The van der Waals surface area contributed by atoms with Gasteiger partial charge in [-0.3, -0.25) is 4.79 Å². The van der Waals surface area contributed by atoms with Crippen LogP contribution in [-0.4, -0.2) is 34.1 Å². The van der Waals surface area contributed by atoms with Gasteiger partial charge in [-0.2, -0.15) is 13.2 Å². The van der Waals surface area contributed by atoms with Crippen molar-refractivity contribution in [3.05, 3.63) is 28.8 Å². The molecule has 0 saturated carbocycles. The van der Waals surface area contributed by atoms with E-state index in [0.29, 0.717) is 11.1 Å². The van der Waals surface area contributed by atoms with Crippen molar-refractivity contribution in [1.29, 1.82) is 0 Å². The predicted molar refractivity (Wildman–Crippen MR) is 70.5 cm³/mol. The molecule has 1 amide bonds. The molecule has 21 heavy (non-hydrogen) atoms. The number of benzene rings is 1. The zero-order valence-electron chi connectivity index (χ0n) is 11.6. The molecule has 0 aliphatic carbocycles. The maximum absolute atomic E-state index is 12.1. The summed E-state index contributed by atoms with van der Waals surface area (Å²) in [6, 6.07) is 2.40. The fourth-order valence-electron chi connectivity index (χ4n) is 1.63. The minimum Gasteiger partial charge on any atom is -0.343 e. The summed E-state index contributed by atoms with van der Waals surface area (Å²) in [5, 5.41) is 1.70. The van der Waals surface area contributed by atoms with Crippen molar-refractivity contribution in [2.24, 2.45) is 0 Å². The fraction of sp³-hybridized carbons (Fsp3) is 0.417. The van der Waals surface area contributed by atoms with Gasteiger partial charge in [0, 0.05) is 5.56 Å². The minimum absolute atomic E-state index is 0.137. The number of halogens is 3. The van der Waals surface area contributed by atoms with Gasteiger partial charge in [0.2, 0.25) is 10.0 Å². The largest absolute Gasteiger partial charge is 0.405 e.